The maximum Gasteiger partial charge on any atom is 0.242 e. The van der Waals surface area contributed by atoms with Crippen molar-refractivity contribution < 1.29 is 17.6 Å². The van der Waals surface area contributed by atoms with E-state index in [1.807, 2.05) is 0 Å². The number of halogens is 4. The first-order valence-electron chi connectivity index (χ1n) is 4.13. The molecule has 0 saturated heterocycles. The van der Waals surface area contributed by atoms with Gasteiger partial charge in [0.1, 0.15) is 5.84 Å². The summed E-state index contributed by atoms with van der Waals surface area (Å²) in [5.41, 5.74) is 4.95. The highest BCUT2D eigenvalue weighted by molar-refractivity contribution is 6.18. The molecular formula is C8H9F4N3. The van der Waals surface area contributed by atoms with Gasteiger partial charge >= 0.3 is 0 Å². The third-order valence-corrected chi connectivity index (χ3v) is 1.91. The molecule has 1 heterocycles. The van der Waals surface area contributed by atoms with Crippen molar-refractivity contribution in [2.24, 2.45) is 10.7 Å². The summed E-state index contributed by atoms with van der Waals surface area (Å²) in [6.45, 7) is 0. The summed E-state index contributed by atoms with van der Waals surface area (Å²) in [6.07, 6.45) is -6.88. The second kappa shape index (κ2) is 4.41. The number of nitrogens with two attached hydrogens (primary N) is 1. The van der Waals surface area contributed by atoms with Crippen LogP contribution in [0.2, 0.25) is 0 Å². The third-order valence-electron chi connectivity index (χ3n) is 1.91. The van der Waals surface area contributed by atoms with Gasteiger partial charge in [-0.1, -0.05) is 0 Å². The average molecular weight is 223 g/mol. The van der Waals surface area contributed by atoms with E-state index in [1.54, 1.807) is 0 Å². The maximum atomic E-state index is 12.1. The summed E-state index contributed by atoms with van der Waals surface area (Å²) < 4.78 is 48.4. The van der Waals surface area contributed by atoms with Crippen LogP contribution in [0.5, 0.6) is 0 Å². The molecule has 0 radical (unpaired) electrons. The Labute approximate surface area is 83.2 Å². The second-order valence-corrected chi connectivity index (χ2v) is 2.99. The molecule has 0 aromatic rings. The predicted octanol–water partition coefficient (Wildman–Crippen LogP) is 1.94. The summed E-state index contributed by atoms with van der Waals surface area (Å²) in [4.78, 5) is 3.39. The van der Waals surface area contributed by atoms with Crippen molar-refractivity contribution in [2.45, 2.75) is 25.7 Å². The zero-order chi connectivity index (χ0) is 11.6. The van der Waals surface area contributed by atoms with Crippen LogP contribution in [-0.2, 0) is 0 Å². The zero-order valence-corrected chi connectivity index (χ0v) is 7.61. The number of hydrogen-bond acceptors (Lipinski definition) is 2. The quantitative estimate of drug-likeness (QED) is 0.703. The highest BCUT2D eigenvalue weighted by Gasteiger charge is 2.26. The van der Waals surface area contributed by atoms with Crippen LogP contribution >= 0.6 is 0 Å². The van der Waals surface area contributed by atoms with Crippen molar-refractivity contribution in [3.8, 4) is 0 Å². The van der Waals surface area contributed by atoms with Gasteiger partial charge in [-0.05, 0) is 0 Å². The lowest BCUT2D eigenvalue weighted by atomic mass is 10.0. The van der Waals surface area contributed by atoms with Crippen LogP contribution in [0.15, 0.2) is 16.1 Å². The van der Waals surface area contributed by atoms with Crippen molar-refractivity contribution >= 4 is 11.7 Å². The van der Waals surface area contributed by atoms with Gasteiger partial charge in [0.15, 0.2) is 5.84 Å². The fourth-order valence-corrected chi connectivity index (χ4v) is 1.31. The van der Waals surface area contributed by atoms with Crippen LogP contribution in [-0.4, -0.2) is 24.5 Å². The van der Waals surface area contributed by atoms with E-state index in [4.69, 9.17) is 11.1 Å². The molecule has 15 heavy (non-hydrogen) atoms. The molecule has 3 nitrogen and oxygen atoms in total. The number of nitrogens with one attached hydrogen (secondary N) is 1. The maximum absolute atomic E-state index is 12.1. The largest absolute Gasteiger partial charge is 0.383 e. The van der Waals surface area contributed by atoms with E-state index < -0.39 is 31.5 Å². The van der Waals surface area contributed by atoms with E-state index in [-0.39, 0.29) is 17.0 Å². The SMILES string of the molecule is N=C1N=C(N)C(CC(F)F)=C1CC(F)F. The molecule has 1 aliphatic rings. The Kier molecular flexibility index (Phi) is 3.43. The highest BCUT2D eigenvalue weighted by atomic mass is 19.3. The monoisotopic (exact) mass is 223 g/mol. The molecule has 0 spiro atoms. The first kappa shape index (κ1) is 11.7. The Balaban J connectivity index is 2.93. The predicted molar refractivity (Wildman–Crippen MR) is 47.6 cm³/mol. The summed E-state index contributed by atoms with van der Waals surface area (Å²) in [6, 6.07) is 0. The van der Waals surface area contributed by atoms with Gasteiger partial charge in [0, 0.05) is 24.0 Å². The van der Waals surface area contributed by atoms with E-state index in [1.165, 1.54) is 0 Å². The lowest BCUT2D eigenvalue weighted by molar-refractivity contribution is 0.144. The van der Waals surface area contributed by atoms with Crippen molar-refractivity contribution in [1.29, 1.82) is 5.41 Å². The molecule has 0 fully saturated rings. The van der Waals surface area contributed by atoms with E-state index in [2.05, 4.69) is 4.99 Å². The smallest absolute Gasteiger partial charge is 0.242 e. The Morgan fingerprint density at radius 3 is 2.00 bits per heavy atom. The summed E-state index contributed by atoms with van der Waals surface area (Å²) in [7, 11) is 0. The summed E-state index contributed by atoms with van der Waals surface area (Å²) in [5, 5.41) is 7.20. The van der Waals surface area contributed by atoms with Crippen LogP contribution in [0.25, 0.3) is 0 Å². The number of aliphatic imine (C=N–C) groups is 1. The van der Waals surface area contributed by atoms with E-state index in [9.17, 15) is 17.6 Å². The minimum absolute atomic E-state index is 0.129. The lowest BCUT2D eigenvalue weighted by Gasteiger charge is -2.06. The van der Waals surface area contributed by atoms with Crippen molar-refractivity contribution in [1.82, 2.24) is 0 Å². The van der Waals surface area contributed by atoms with Gasteiger partial charge in [-0.3, -0.25) is 5.41 Å². The number of alkyl halides is 4. The van der Waals surface area contributed by atoms with Gasteiger partial charge in [0.2, 0.25) is 12.9 Å². The summed E-state index contributed by atoms with van der Waals surface area (Å²) in [5.74, 6) is -0.695. The fraction of sp³-hybridized carbons (Fsp3) is 0.500. The molecule has 3 N–H and O–H groups in total. The van der Waals surface area contributed by atoms with Crippen molar-refractivity contribution in [2.75, 3.05) is 0 Å². The van der Waals surface area contributed by atoms with E-state index >= 15 is 0 Å². The van der Waals surface area contributed by atoms with Gasteiger partial charge in [0.25, 0.3) is 0 Å². The van der Waals surface area contributed by atoms with Crippen LogP contribution in [0, 0.1) is 5.41 Å². The normalized spacial score (nSPS) is 16.9. The molecule has 0 atom stereocenters. The topological polar surface area (TPSA) is 62.2 Å². The molecule has 0 amide bonds. The van der Waals surface area contributed by atoms with Crippen LogP contribution in [0.4, 0.5) is 17.6 Å². The fourth-order valence-electron chi connectivity index (χ4n) is 1.31. The Morgan fingerprint density at radius 2 is 1.53 bits per heavy atom. The average Bonchev–Trinajstić information content (AvgIpc) is 2.30. The Bertz CT molecular complexity index is 333. The van der Waals surface area contributed by atoms with Crippen molar-refractivity contribution in [3.05, 3.63) is 11.1 Å². The minimum Gasteiger partial charge on any atom is -0.383 e. The molecule has 0 aliphatic carbocycles. The third kappa shape index (κ3) is 2.77. The van der Waals surface area contributed by atoms with Crippen LogP contribution in [0.1, 0.15) is 12.8 Å². The Hall–Kier alpha value is -1.40. The van der Waals surface area contributed by atoms with Crippen LogP contribution < -0.4 is 5.73 Å². The first-order chi connectivity index (χ1) is 6.91. The highest BCUT2D eigenvalue weighted by Crippen LogP contribution is 2.25. The molecule has 0 aromatic carbocycles. The molecule has 0 aromatic heterocycles. The number of amidine groups is 2. The van der Waals surface area contributed by atoms with Crippen LogP contribution in [0.3, 0.4) is 0 Å². The molecular weight excluding hydrogens is 214 g/mol. The first-order valence-corrected chi connectivity index (χ1v) is 4.13. The number of hydrogen-bond donors (Lipinski definition) is 2. The van der Waals surface area contributed by atoms with E-state index in [0.717, 1.165) is 0 Å². The van der Waals surface area contributed by atoms with Gasteiger partial charge in [-0.25, -0.2) is 22.6 Å². The molecule has 84 valence electrons. The molecule has 0 unspecified atom stereocenters. The molecule has 0 bridgehead atoms. The van der Waals surface area contributed by atoms with E-state index in [0.29, 0.717) is 0 Å². The van der Waals surface area contributed by atoms with Crippen molar-refractivity contribution in [3.63, 3.8) is 0 Å². The summed E-state index contributed by atoms with van der Waals surface area (Å²) >= 11 is 0. The van der Waals surface area contributed by atoms with Gasteiger partial charge in [-0.15, -0.1) is 0 Å². The Morgan fingerprint density at radius 1 is 1.07 bits per heavy atom. The zero-order valence-electron chi connectivity index (χ0n) is 7.61. The standard InChI is InChI=1S/C8H9F4N3/c9-5(10)1-3-4(2-6(11)12)8(14)15-7(3)13/h5-6H,1-2H2,(H3,13,14,15). The van der Waals surface area contributed by atoms with Gasteiger partial charge < -0.3 is 5.73 Å². The second-order valence-electron chi connectivity index (χ2n) is 2.99. The minimum atomic E-state index is -2.70. The molecule has 0 saturated carbocycles. The number of nitrogens with zero attached hydrogens (tertiary/aromatic N) is 1. The molecule has 1 rings (SSSR count). The molecule has 1 aliphatic heterocycles. The van der Waals surface area contributed by atoms with Gasteiger partial charge in [-0.2, -0.15) is 0 Å². The van der Waals surface area contributed by atoms with Gasteiger partial charge in [0.05, 0.1) is 0 Å². The number of rotatable bonds is 4. The lowest BCUT2D eigenvalue weighted by Crippen LogP contribution is -2.15. The molecule has 7 heteroatoms.